The van der Waals surface area contributed by atoms with E-state index in [4.69, 9.17) is 4.74 Å². The molecule has 1 amide bonds. The van der Waals surface area contributed by atoms with Gasteiger partial charge in [0.25, 0.3) is 11.6 Å². The van der Waals surface area contributed by atoms with Crippen molar-refractivity contribution in [3.63, 3.8) is 0 Å². The second kappa shape index (κ2) is 10.2. The summed E-state index contributed by atoms with van der Waals surface area (Å²) < 4.78 is 36.3. The molecule has 0 aliphatic carbocycles. The third-order valence-electron chi connectivity index (χ3n) is 4.42. The topological polar surface area (TPSA) is 125 Å². The van der Waals surface area contributed by atoms with Crippen LogP contribution >= 0.6 is 0 Å². The van der Waals surface area contributed by atoms with Gasteiger partial charge in [0.15, 0.2) is 0 Å². The lowest BCUT2D eigenvalue weighted by Gasteiger charge is -2.26. The van der Waals surface area contributed by atoms with E-state index in [1.807, 2.05) is 0 Å². The molecular formula is C20H18F2N2O7. The summed E-state index contributed by atoms with van der Waals surface area (Å²) in [5.74, 6) is -5.73. The van der Waals surface area contributed by atoms with E-state index in [1.54, 1.807) is 0 Å². The molecule has 0 aliphatic rings. The Morgan fingerprint density at radius 2 is 1.61 bits per heavy atom. The van der Waals surface area contributed by atoms with Crippen molar-refractivity contribution in [1.82, 2.24) is 5.32 Å². The molecule has 31 heavy (non-hydrogen) atoms. The fourth-order valence-corrected chi connectivity index (χ4v) is 2.89. The van der Waals surface area contributed by atoms with E-state index in [9.17, 15) is 33.3 Å². The number of carbonyl (C=O) groups excluding carboxylic acids is 3. The fraction of sp³-hybridized carbons (Fsp3) is 0.250. The first kappa shape index (κ1) is 23.4. The lowest BCUT2D eigenvalue weighted by atomic mass is 9.88. The Hall–Kier alpha value is -3.89. The number of nitrogens with zero attached hydrogens (tertiary/aromatic N) is 1. The van der Waals surface area contributed by atoms with Crippen LogP contribution in [0.5, 0.6) is 0 Å². The highest BCUT2D eigenvalue weighted by Gasteiger charge is 2.34. The molecule has 0 fully saturated rings. The largest absolute Gasteiger partial charge is 0.469 e. The van der Waals surface area contributed by atoms with Crippen LogP contribution < -0.4 is 5.32 Å². The van der Waals surface area contributed by atoms with Crippen LogP contribution in [0.15, 0.2) is 42.5 Å². The molecule has 164 valence electrons. The number of methoxy groups -OCH3 is 2. The van der Waals surface area contributed by atoms with Gasteiger partial charge in [-0.1, -0.05) is 12.1 Å². The fourth-order valence-electron chi connectivity index (χ4n) is 2.89. The molecule has 0 radical (unpaired) electrons. The number of benzene rings is 2. The van der Waals surface area contributed by atoms with Crippen molar-refractivity contribution in [3.05, 3.63) is 75.3 Å². The molecule has 2 rings (SSSR count). The molecule has 0 aliphatic heterocycles. The Morgan fingerprint density at radius 1 is 1.03 bits per heavy atom. The molecular weight excluding hydrogens is 418 g/mol. The molecule has 0 bridgehead atoms. The second-order valence-electron chi connectivity index (χ2n) is 6.37. The van der Waals surface area contributed by atoms with Gasteiger partial charge in [-0.25, -0.2) is 13.6 Å². The third kappa shape index (κ3) is 6.04. The van der Waals surface area contributed by atoms with E-state index in [1.165, 1.54) is 12.1 Å². The summed E-state index contributed by atoms with van der Waals surface area (Å²) >= 11 is 0. The number of hydrogen-bond acceptors (Lipinski definition) is 7. The summed E-state index contributed by atoms with van der Waals surface area (Å²) in [5.41, 5.74) is -0.335. The zero-order valence-electron chi connectivity index (χ0n) is 16.5. The average Bonchev–Trinajstić information content (AvgIpc) is 2.74. The summed E-state index contributed by atoms with van der Waals surface area (Å²) in [6.07, 6.45) is -0.397. The minimum Gasteiger partial charge on any atom is -0.469 e. The second-order valence-corrected chi connectivity index (χ2v) is 6.37. The van der Waals surface area contributed by atoms with Crippen LogP contribution in [0.4, 0.5) is 14.5 Å². The van der Waals surface area contributed by atoms with Gasteiger partial charge in [0.1, 0.15) is 17.7 Å². The maximum absolute atomic E-state index is 13.5. The third-order valence-corrected chi connectivity index (χ3v) is 4.42. The summed E-state index contributed by atoms with van der Waals surface area (Å²) in [7, 11) is 2.17. The van der Waals surface area contributed by atoms with E-state index in [0.29, 0.717) is 6.07 Å². The lowest BCUT2D eigenvalue weighted by Crippen LogP contribution is -2.46. The monoisotopic (exact) mass is 436 g/mol. The molecule has 11 heteroatoms. The zero-order chi connectivity index (χ0) is 23.1. The van der Waals surface area contributed by atoms with Gasteiger partial charge in [-0.05, 0) is 17.7 Å². The van der Waals surface area contributed by atoms with Crippen LogP contribution in [0, 0.1) is 21.7 Å². The minimum atomic E-state index is -1.47. The van der Waals surface area contributed by atoms with Gasteiger partial charge in [-0.15, -0.1) is 0 Å². The van der Waals surface area contributed by atoms with Gasteiger partial charge in [-0.2, -0.15) is 0 Å². The smallest absolute Gasteiger partial charge is 0.329 e. The van der Waals surface area contributed by atoms with Crippen molar-refractivity contribution in [2.45, 2.75) is 18.4 Å². The number of rotatable bonds is 8. The molecule has 9 nitrogen and oxygen atoms in total. The first-order valence-electron chi connectivity index (χ1n) is 8.82. The molecule has 0 aromatic heterocycles. The van der Waals surface area contributed by atoms with Gasteiger partial charge in [0, 0.05) is 29.7 Å². The number of esters is 2. The number of hydrogen-bond donors (Lipinski definition) is 1. The maximum atomic E-state index is 13.5. The molecule has 0 saturated heterocycles. The number of non-ortho nitro benzene ring substituents is 1. The van der Waals surface area contributed by atoms with Crippen LogP contribution in [0.1, 0.15) is 28.3 Å². The van der Waals surface area contributed by atoms with Gasteiger partial charge in [0.05, 0.1) is 25.6 Å². The van der Waals surface area contributed by atoms with E-state index in [0.717, 1.165) is 38.5 Å². The van der Waals surface area contributed by atoms with Gasteiger partial charge in [0.2, 0.25) is 0 Å². The molecule has 2 atom stereocenters. The maximum Gasteiger partial charge on any atom is 0.329 e. The van der Waals surface area contributed by atoms with Crippen molar-refractivity contribution in [3.8, 4) is 0 Å². The Balaban J connectivity index is 2.44. The average molecular weight is 436 g/mol. The number of ether oxygens (including phenoxy) is 2. The number of nitrogens with one attached hydrogen (secondary N) is 1. The quantitative estimate of drug-likeness (QED) is 0.383. The first-order chi connectivity index (χ1) is 14.7. The Kier molecular flexibility index (Phi) is 7.72. The van der Waals surface area contributed by atoms with Crippen LogP contribution in [0.25, 0.3) is 0 Å². The standard InChI is InChI=1S/C20H18F2N2O7/c1-30-17(25)10-16(11-3-5-15(6-4-11)24(28)29)18(20(27)31-2)23-19(26)12-7-13(21)9-14(22)8-12/h3-9,16,18H,10H2,1-2H3,(H,23,26)/t16-,18-/m0/s1. The number of nitro benzene ring substituents is 1. The molecule has 1 N–H and O–H groups in total. The number of nitro groups is 1. The highest BCUT2D eigenvalue weighted by molar-refractivity contribution is 5.97. The number of carbonyl (C=O) groups is 3. The van der Waals surface area contributed by atoms with Crippen molar-refractivity contribution in [1.29, 1.82) is 0 Å². The molecule has 0 spiro atoms. The highest BCUT2D eigenvalue weighted by atomic mass is 19.1. The van der Waals surface area contributed by atoms with E-state index in [-0.39, 0.29) is 11.3 Å². The van der Waals surface area contributed by atoms with Crippen molar-refractivity contribution < 1.29 is 37.6 Å². The van der Waals surface area contributed by atoms with Crippen molar-refractivity contribution in [2.75, 3.05) is 14.2 Å². The van der Waals surface area contributed by atoms with Crippen LogP contribution in [-0.2, 0) is 19.1 Å². The normalized spacial score (nSPS) is 12.4. The van der Waals surface area contributed by atoms with E-state index in [2.05, 4.69) is 10.1 Å². The SMILES string of the molecule is COC(=O)C[C@@H](c1ccc([N+](=O)[O-])cc1)[C@H](NC(=O)c1cc(F)cc(F)c1)C(=O)OC. The van der Waals surface area contributed by atoms with Gasteiger partial charge in [-0.3, -0.25) is 19.7 Å². The summed E-state index contributed by atoms with van der Waals surface area (Å²) in [6, 6.07) is 5.61. The molecule has 0 saturated carbocycles. The summed E-state index contributed by atoms with van der Waals surface area (Å²) in [6.45, 7) is 0. The van der Waals surface area contributed by atoms with E-state index >= 15 is 0 Å². The van der Waals surface area contributed by atoms with Crippen LogP contribution in [0.2, 0.25) is 0 Å². The van der Waals surface area contributed by atoms with Gasteiger partial charge >= 0.3 is 11.9 Å². The Bertz CT molecular complexity index is 975. The summed E-state index contributed by atoms with van der Waals surface area (Å²) in [4.78, 5) is 47.2. The Morgan fingerprint density at radius 3 is 2.10 bits per heavy atom. The molecule has 2 aromatic carbocycles. The number of halogens is 2. The minimum absolute atomic E-state index is 0.227. The predicted molar refractivity (Wildman–Crippen MR) is 102 cm³/mol. The van der Waals surface area contributed by atoms with Crippen LogP contribution in [-0.4, -0.2) is 43.0 Å². The first-order valence-corrected chi connectivity index (χ1v) is 8.82. The highest BCUT2D eigenvalue weighted by Crippen LogP contribution is 2.27. The van der Waals surface area contributed by atoms with Gasteiger partial charge < -0.3 is 14.8 Å². The zero-order valence-corrected chi connectivity index (χ0v) is 16.5. The number of amides is 1. The lowest BCUT2D eigenvalue weighted by molar-refractivity contribution is -0.384. The van der Waals surface area contributed by atoms with Crippen molar-refractivity contribution in [2.24, 2.45) is 0 Å². The molecule has 0 unspecified atom stereocenters. The van der Waals surface area contributed by atoms with Crippen molar-refractivity contribution >= 4 is 23.5 Å². The van der Waals surface area contributed by atoms with Crippen LogP contribution in [0.3, 0.4) is 0 Å². The predicted octanol–water partition coefficient (Wildman–Crippen LogP) is 2.49. The summed E-state index contributed by atoms with van der Waals surface area (Å²) in [5, 5.41) is 13.2. The molecule has 0 heterocycles. The Labute approximate surface area is 175 Å². The molecule has 2 aromatic rings. The van der Waals surface area contributed by atoms with E-state index < -0.39 is 58.3 Å².